The quantitative estimate of drug-likeness (QED) is 0.803. The van der Waals surface area contributed by atoms with E-state index in [0.717, 1.165) is 19.3 Å². The summed E-state index contributed by atoms with van der Waals surface area (Å²) in [5.41, 5.74) is 0. The Labute approximate surface area is 108 Å². The summed E-state index contributed by atoms with van der Waals surface area (Å²) >= 11 is 0. The van der Waals surface area contributed by atoms with Crippen molar-refractivity contribution in [2.75, 3.05) is 6.54 Å². The van der Waals surface area contributed by atoms with Gasteiger partial charge in [-0.1, -0.05) is 13.3 Å². The van der Waals surface area contributed by atoms with E-state index < -0.39 is 0 Å². The SMILES string of the molecule is CC1CCCC1N1CCC(=O)NC(C2CC2)C1=O. The second-order valence-electron chi connectivity index (χ2n) is 6.14. The molecule has 4 nitrogen and oxygen atoms in total. The molecule has 0 aromatic rings. The second-order valence-corrected chi connectivity index (χ2v) is 6.14. The van der Waals surface area contributed by atoms with E-state index in [0.29, 0.717) is 30.8 Å². The van der Waals surface area contributed by atoms with Crippen LogP contribution < -0.4 is 5.32 Å². The van der Waals surface area contributed by atoms with Gasteiger partial charge >= 0.3 is 0 Å². The van der Waals surface area contributed by atoms with Crippen molar-refractivity contribution in [3.8, 4) is 0 Å². The highest BCUT2D eigenvalue weighted by Crippen LogP contribution is 2.36. The van der Waals surface area contributed by atoms with Crippen LogP contribution in [-0.2, 0) is 9.59 Å². The zero-order chi connectivity index (χ0) is 12.7. The van der Waals surface area contributed by atoms with Crippen molar-refractivity contribution >= 4 is 11.8 Å². The third-order valence-corrected chi connectivity index (χ3v) is 4.76. The normalized spacial score (nSPS) is 37.6. The summed E-state index contributed by atoms with van der Waals surface area (Å²) in [7, 11) is 0. The molecule has 1 N–H and O–H groups in total. The number of nitrogens with one attached hydrogen (secondary N) is 1. The lowest BCUT2D eigenvalue weighted by Crippen LogP contribution is -2.50. The second kappa shape index (κ2) is 4.56. The van der Waals surface area contributed by atoms with Crippen LogP contribution in [0.2, 0.25) is 0 Å². The Morgan fingerprint density at radius 3 is 2.56 bits per heavy atom. The number of carbonyl (C=O) groups is 2. The van der Waals surface area contributed by atoms with Gasteiger partial charge in [0.15, 0.2) is 0 Å². The van der Waals surface area contributed by atoms with E-state index in [1.807, 2.05) is 4.90 Å². The maximum atomic E-state index is 12.6. The largest absolute Gasteiger partial charge is 0.344 e. The van der Waals surface area contributed by atoms with Crippen molar-refractivity contribution in [1.82, 2.24) is 10.2 Å². The minimum absolute atomic E-state index is 0.0494. The molecule has 2 saturated carbocycles. The number of carbonyl (C=O) groups excluding carboxylic acids is 2. The Kier molecular flexibility index (Phi) is 3.04. The number of hydrogen-bond acceptors (Lipinski definition) is 2. The van der Waals surface area contributed by atoms with Crippen LogP contribution in [0.3, 0.4) is 0 Å². The maximum Gasteiger partial charge on any atom is 0.245 e. The summed E-state index contributed by atoms with van der Waals surface area (Å²) in [4.78, 5) is 26.4. The number of rotatable bonds is 2. The van der Waals surface area contributed by atoms with Crippen molar-refractivity contribution in [2.45, 2.75) is 57.5 Å². The molecule has 1 saturated heterocycles. The molecule has 3 aliphatic rings. The molecule has 100 valence electrons. The highest BCUT2D eigenvalue weighted by Gasteiger charge is 2.43. The first-order chi connectivity index (χ1) is 8.66. The van der Waals surface area contributed by atoms with Gasteiger partial charge in [0.1, 0.15) is 6.04 Å². The van der Waals surface area contributed by atoms with Crippen LogP contribution in [0.15, 0.2) is 0 Å². The molecular weight excluding hydrogens is 228 g/mol. The average Bonchev–Trinajstić information content (AvgIpc) is 3.11. The van der Waals surface area contributed by atoms with Crippen molar-refractivity contribution in [3.63, 3.8) is 0 Å². The van der Waals surface area contributed by atoms with Crippen LogP contribution in [-0.4, -0.2) is 35.3 Å². The number of nitrogens with zero attached hydrogens (tertiary/aromatic N) is 1. The topological polar surface area (TPSA) is 49.4 Å². The Morgan fingerprint density at radius 1 is 1.17 bits per heavy atom. The van der Waals surface area contributed by atoms with Crippen LogP contribution in [0.25, 0.3) is 0 Å². The van der Waals surface area contributed by atoms with Gasteiger partial charge in [-0.15, -0.1) is 0 Å². The molecule has 1 aliphatic heterocycles. The van der Waals surface area contributed by atoms with E-state index in [-0.39, 0.29) is 17.9 Å². The summed E-state index contributed by atoms with van der Waals surface area (Å²) in [6.45, 7) is 2.85. The fraction of sp³-hybridized carbons (Fsp3) is 0.857. The molecule has 3 rings (SSSR count). The minimum atomic E-state index is -0.229. The molecule has 2 amide bonds. The van der Waals surface area contributed by atoms with Gasteiger partial charge < -0.3 is 10.2 Å². The fourth-order valence-electron chi connectivity index (χ4n) is 3.49. The van der Waals surface area contributed by atoms with E-state index in [9.17, 15) is 9.59 Å². The summed E-state index contributed by atoms with van der Waals surface area (Å²) < 4.78 is 0. The van der Waals surface area contributed by atoms with Crippen LogP contribution in [0.4, 0.5) is 0 Å². The highest BCUT2D eigenvalue weighted by atomic mass is 16.2. The lowest BCUT2D eigenvalue weighted by atomic mass is 10.0. The Hall–Kier alpha value is -1.06. The molecule has 0 spiro atoms. The molecule has 18 heavy (non-hydrogen) atoms. The van der Waals surface area contributed by atoms with Crippen molar-refractivity contribution in [3.05, 3.63) is 0 Å². The minimum Gasteiger partial charge on any atom is -0.344 e. The third kappa shape index (κ3) is 2.13. The molecule has 3 fully saturated rings. The molecule has 0 aromatic heterocycles. The molecule has 3 atom stereocenters. The van der Waals surface area contributed by atoms with E-state index in [1.54, 1.807) is 0 Å². The Balaban J connectivity index is 1.79. The zero-order valence-corrected chi connectivity index (χ0v) is 11.0. The molecule has 0 aromatic carbocycles. The van der Waals surface area contributed by atoms with Gasteiger partial charge in [0.25, 0.3) is 0 Å². The summed E-state index contributed by atoms with van der Waals surface area (Å²) in [6.07, 6.45) is 6.18. The number of hydrogen-bond donors (Lipinski definition) is 1. The van der Waals surface area contributed by atoms with Crippen molar-refractivity contribution in [1.29, 1.82) is 0 Å². The van der Waals surface area contributed by atoms with Gasteiger partial charge in [-0.05, 0) is 37.5 Å². The van der Waals surface area contributed by atoms with E-state index in [2.05, 4.69) is 12.2 Å². The summed E-state index contributed by atoms with van der Waals surface area (Å²) in [5, 5.41) is 2.93. The summed E-state index contributed by atoms with van der Waals surface area (Å²) in [5.74, 6) is 1.22. The molecule has 2 aliphatic carbocycles. The van der Waals surface area contributed by atoms with Crippen LogP contribution in [0.1, 0.15) is 45.4 Å². The van der Waals surface area contributed by atoms with Crippen LogP contribution in [0, 0.1) is 11.8 Å². The monoisotopic (exact) mass is 250 g/mol. The van der Waals surface area contributed by atoms with E-state index in [4.69, 9.17) is 0 Å². The van der Waals surface area contributed by atoms with Gasteiger partial charge in [-0.3, -0.25) is 9.59 Å². The van der Waals surface area contributed by atoms with Crippen molar-refractivity contribution < 1.29 is 9.59 Å². The molecule has 0 bridgehead atoms. The third-order valence-electron chi connectivity index (χ3n) is 4.76. The van der Waals surface area contributed by atoms with E-state index in [1.165, 1.54) is 12.8 Å². The first kappa shape index (κ1) is 12.0. The predicted molar refractivity (Wildman–Crippen MR) is 67.8 cm³/mol. The van der Waals surface area contributed by atoms with Crippen LogP contribution >= 0.6 is 0 Å². The summed E-state index contributed by atoms with van der Waals surface area (Å²) in [6, 6.07) is 0.138. The standard InChI is InChI=1S/C14H22N2O2/c1-9-3-2-4-11(9)16-8-7-12(17)15-13(14(16)18)10-5-6-10/h9-11,13H,2-8H2,1H3,(H,15,17). The fourth-order valence-corrected chi connectivity index (χ4v) is 3.49. The van der Waals surface area contributed by atoms with Gasteiger partial charge in [0.2, 0.25) is 11.8 Å². The average molecular weight is 250 g/mol. The molecule has 0 radical (unpaired) electrons. The van der Waals surface area contributed by atoms with E-state index >= 15 is 0 Å². The lowest BCUT2D eigenvalue weighted by Gasteiger charge is -2.32. The van der Waals surface area contributed by atoms with Gasteiger partial charge in [0.05, 0.1) is 0 Å². The van der Waals surface area contributed by atoms with Gasteiger partial charge in [-0.25, -0.2) is 0 Å². The van der Waals surface area contributed by atoms with Crippen LogP contribution in [0.5, 0.6) is 0 Å². The first-order valence-electron chi connectivity index (χ1n) is 7.26. The molecule has 4 heteroatoms. The lowest BCUT2D eigenvalue weighted by molar-refractivity contribution is -0.136. The van der Waals surface area contributed by atoms with Gasteiger partial charge in [0, 0.05) is 19.0 Å². The highest BCUT2D eigenvalue weighted by molar-refractivity contribution is 5.90. The first-order valence-corrected chi connectivity index (χ1v) is 7.26. The maximum absolute atomic E-state index is 12.6. The predicted octanol–water partition coefficient (Wildman–Crippen LogP) is 1.30. The Morgan fingerprint density at radius 2 is 1.94 bits per heavy atom. The molecule has 1 heterocycles. The molecule has 3 unspecified atom stereocenters. The zero-order valence-electron chi connectivity index (χ0n) is 11.0. The Bertz CT molecular complexity index is 365. The van der Waals surface area contributed by atoms with Gasteiger partial charge in [-0.2, -0.15) is 0 Å². The number of amides is 2. The van der Waals surface area contributed by atoms with Crippen molar-refractivity contribution in [2.24, 2.45) is 11.8 Å². The smallest absolute Gasteiger partial charge is 0.245 e. The molecular formula is C14H22N2O2.